The van der Waals surface area contributed by atoms with Gasteiger partial charge in [0.25, 0.3) is 21.8 Å². The van der Waals surface area contributed by atoms with Gasteiger partial charge in [0.1, 0.15) is 10.0 Å². The fraction of sp³-hybridized carbons (Fsp3) is 0. The Kier molecular flexibility index (Phi) is 5.43. The minimum Gasteiger partial charge on any atom is -0.366 e. The fourth-order valence-corrected chi connectivity index (χ4v) is 4.38. The molecule has 0 spiro atoms. The summed E-state index contributed by atoms with van der Waals surface area (Å²) in [6, 6.07) is 12.4. The van der Waals surface area contributed by atoms with Crippen LogP contribution in [0, 0.1) is 5.82 Å². The second-order valence-corrected chi connectivity index (χ2v) is 8.49. The highest BCUT2D eigenvalue weighted by atomic mass is 32.2. The Labute approximate surface area is 164 Å². The Hall–Kier alpha value is -3.24. The number of thiophene rings is 1. The van der Waals surface area contributed by atoms with Crippen molar-refractivity contribution in [3.8, 4) is 0 Å². The summed E-state index contributed by atoms with van der Waals surface area (Å²) in [5, 5.41) is 4.15. The first-order valence-corrected chi connectivity index (χ1v) is 10.2. The molecule has 0 aliphatic heterocycles. The van der Waals surface area contributed by atoms with Crippen LogP contribution in [-0.4, -0.2) is 20.2 Å². The molecule has 0 radical (unpaired) electrons. The molecule has 0 aliphatic carbocycles. The van der Waals surface area contributed by atoms with Crippen LogP contribution in [0.5, 0.6) is 0 Å². The predicted molar refractivity (Wildman–Crippen MR) is 104 cm³/mol. The summed E-state index contributed by atoms with van der Waals surface area (Å²) in [7, 11) is -3.75. The largest absolute Gasteiger partial charge is 0.366 e. The number of amides is 2. The number of halogens is 1. The summed E-state index contributed by atoms with van der Waals surface area (Å²) in [6.07, 6.45) is 0. The topological polar surface area (TPSA) is 118 Å². The molecule has 3 aromatic rings. The maximum atomic E-state index is 13.5. The second-order valence-electron chi connectivity index (χ2n) is 5.63. The maximum absolute atomic E-state index is 13.5. The normalized spacial score (nSPS) is 11.0. The number of hydrogen-bond acceptors (Lipinski definition) is 5. The molecular formula is C18H14FN3O4S2. The van der Waals surface area contributed by atoms with Crippen LogP contribution in [0.2, 0.25) is 0 Å². The highest BCUT2D eigenvalue weighted by molar-refractivity contribution is 7.94. The van der Waals surface area contributed by atoms with Gasteiger partial charge in [-0.05, 0) is 47.8 Å². The van der Waals surface area contributed by atoms with E-state index in [-0.39, 0.29) is 26.7 Å². The number of primary amides is 1. The summed E-state index contributed by atoms with van der Waals surface area (Å²) in [5.74, 6) is -2.33. The van der Waals surface area contributed by atoms with Crippen LogP contribution < -0.4 is 15.8 Å². The van der Waals surface area contributed by atoms with E-state index < -0.39 is 27.7 Å². The Morgan fingerprint density at radius 3 is 2.46 bits per heavy atom. The number of carbonyl (C=O) groups excluding carboxylic acids is 2. The molecule has 0 saturated carbocycles. The van der Waals surface area contributed by atoms with E-state index in [0.717, 1.165) is 23.5 Å². The molecule has 0 fully saturated rings. The van der Waals surface area contributed by atoms with Gasteiger partial charge in [-0.2, -0.15) is 0 Å². The van der Waals surface area contributed by atoms with E-state index in [4.69, 9.17) is 5.73 Å². The van der Waals surface area contributed by atoms with Crippen LogP contribution in [0.4, 0.5) is 15.8 Å². The van der Waals surface area contributed by atoms with Crippen molar-refractivity contribution in [2.75, 3.05) is 10.0 Å². The number of nitrogens with two attached hydrogens (primary N) is 1. The Bertz CT molecular complexity index is 1150. The Morgan fingerprint density at radius 1 is 1.00 bits per heavy atom. The van der Waals surface area contributed by atoms with Gasteiger partial charge in [0.15, 0.2) is 0 Å². The number of nitrogens with one attached hydrogen (secondary N) is 2. The van der Waals surface area contributed by atoms with Gasteiger partial charge >= 0.3 is 0 Å². The van der Waals surface area contributed by atoms with Crippen LogP contribution >= 0.6 is 11.3 Å². The molecule has 2 aromatic carbocycles. The number of hydrogen-bond donors (Lipinski definition) is 3. The smallest absolute Gasteiger partial charge is 0.271 e. The highest BCUT2D eigenvalue weighted by Crippen LogP contribution is 2.21. The lowest BCUT2D eigenvalue weighted by atomic mass is 10.1. The first-order chi connectivity index (χ1) is 13.3. The average Bonchev–Trinajstić information content (AvgIpc) is 3.18. The van der Waals surface area contributed by atoms with Crippen LogP contribution in [0.25, 0.3) is 0 Å². The first kappa shape index (κ1) is 19.5. The van der Waals surface area contributed by atoms with Crippen molar-refractivity contribution in [2.24, 2.45) is 5.73 Å². The van der Waals surface area contributed by atoms with Gasteiger partial charge in [0.05, 0.1) is 5.56 Å². The predicted octanol–water partition coefficient (Wildman–Crippen LogP) is 3.04. The molecule has 2 amide bonds. The van der Waals surface area contributed by atoms with Gasteiger partial charge in [-0.15, -0.1) is 11.3 Å². The molecule has 4 N–H and O–H groups in total. The van der Waals surface area contributed by atoms with E-state index in [0.29, 0.717) is 0 Å². The molecule has 0 aliphatic rings. The molecule has 0 saturated heterocycles. The molecule has 3 rings (SSSR count). The van der Waals surface area contributed by atoms with E-state index in [1.54, 1.807) is 11.4 Å². The number of carbonyl (C=O) groups is 2. The molecule has 0 atom stereocenters. The Balaban J connectivity index is 1.79. The number of sulfonamides is 1. The van der Waals surface area contributed by atoms with Crippen LogP contribution in [0.1, 0.15) is 20.7 Å². The van der Waals surface area contributed by atoms with Crippen molar-refractivity contribution in [3.63, 3.8) is 0 Å². The van der Waals surface area contributed by atoms with Crippen molar-refractivity contribution in [3.05, 3.63) is 76.9 Å². The maximum Gasteiger partial charge on any atom is 0.271 e. The lowest BCUT2D eigenvalue weighted by Gasteiger charge is -2.10. The lowest BCUT2D eigenvalue weighted by molar-refractivity contribution is 0.0992. The first-order valence-electron chi connectivity index (χ1n) is 7.83. The third-order valence-corrected chi connectivity index (χ3v) is 6.41. The van der Waals surface area contributed by atoms with Gasteiger partial charge in [-0.3, -0.25) is 14.3 Å². The van der Waals surface area contributed by atoms with Crippen molar-refractivity contribution in [2.45, 2.75) is 4.21 Å². The fourth-order valence-electron chi connectivity index (χ4n) is 2.34. The third kappa shape index (κ3) is 4.35. The summed E-state index contributed by atoms with van der Waals surface area (Å²) in [5.41, 5.74) is 5.28. The molecule has 0 unspecified atom stereocenters. The molecule has 1 heterocycles. The van der Waals surface area contributed by atoms with E-state index >= 15 is 0 Å². The SMILES string of the molecule is NC(=O)c1cc(NC(=O)c2cccc(NS(=O)(=O)c3cccs3)c2)ccc1F. The molecular weight excluding hydrogens is 405 g/mol. The van der Waals surface area contributed by atoms with E-state index in [2.05, 4.69) is 10.0 Å². The van der Waals surface area contributed by atoms with E-state index in [1.165, 1.54) is 36.4 Å². The van der Waals surface area contributed by atoms with Gasteiger partial charge < -0.3 is 11.1 Å². The van der Waals surface area contributed by atoms with Crippen molar-refractivity contribution in [1.29, 1.82) is 0 Å². The molecule has 28 heavy (non-hydrogen) atoms. The quantitative estimate of drug-likeness (QED) is 0.569. The Morgan fingerprint density at radius 2 is 1.79 bits per heavy atom. The monoisotopic (exact) mass is 419 g/mol. The molecule has 0 bridgehead atoms. The number of rotatable bonds is 6. The van der Waals surface area contributed by atoms with Crippen LogP contribution in [-0.2, 0) is 10.0 Å². The highest BCUT2D eigenvalue weighted by Gasteiger charge is 2.16. The average molecular weight is 419 g/mol. The molecule has 144 valence electrons. The van der Waals surface area contributed by atoms with Gasteiger partial charge in [-0.1, -0.05) is 12.1 Å². The van der Waals surface area contributed by atoms with Gasteiger partial charge in [0, 0.05) is 16.9 Å². The van der Waals surface area contributed by atoms with E-state index in [9.17, 15) is 22.4 Å². The summed E-state index contributed by atoms with van der Waals surface area (Å²) in [4.78, 5) is 23.6. The third-order valence-electron chi connectivity index (χ3n) is 3.63. The minimum absolute atomic E-state index is 0.146. The second kappa shape index (κ2) is 7.79. The minimum atomic E-state index is -3.75. The zero-order valence-corrected chi connectivity index (χ0v) is 15.8. The summed E-state index contributed by atoms with van der Waals surface area (Å²) >= 11 is 1.07. The molecule has 7 nitrogen and oxygen atoms in total. The molecule has 1 aromatic heterocycles. The standard InChI is InChI=1S/C18H14FN3O4S2/c19-15-7-6-12(10-14(15)17(20)23)21-18(24)11-3-1-4-13(9-11)22-28(25,26)16-5-2-8-27-16/h1-10,22H,(H2,20,23)(H,21,24). The molecule has 10 heteroatoms. The zero-order valence-electron chi connectivity index (χ0n) is 14.2. The van der Waals surface area contributed by atoms with Crippen LogP contribution in [0.3, 0.4) is 0 Å². The summed E-state index contributed by atoms with van der Waals surface area (Å²) < 4.78 is 40.7. The lowest BCUT2D eigenvalue weighted by Crippen LogP contribution is -2.16. The van der Waals surface area contributed by atoms with Crippen molar-refractivity contribution >= 4 is 44.5 Å². The zero-order chi connectivity index (χ0) is 20.3. The number of anilines is 2. The van der Waals surface area contributed by atoms with E-state index in [1.807, 2.05) is 0 Å². The van der Waals surface area contributed by atoms with Crippen LogP contribution in [0.15, 0.2) is 64.2 Å². The van der Waals surface area contributed by atoms with Gasteiger partial charge in [0.2, 0.25) is 0 Å². The van der Waals surface area contributed by atoms with Crippen molar-refractivity contribution < 1.29 is 22.4 Å². The summed E-state index contributed by atoms with van der Waals surface area (Å²) in [6.45, 7) is 0. The number of benzene rings is 2. The van der Waals surface area contributed by atoms with Crippen molar-refractivity contribution in [1.82, 2.24) is 0 Å². The van der Waals surface area contributed by atoms with Gasteiger partial charge in [-0.25, -0.2) is 12.8 Å².